The highest BCUT2D eigenvalue weighted by Gasteiger charge is 2.01. The van der Waals surface area contributed by atoms with E-state index in [4.69, 9.17) is 0 Å². The molecular weight excluding hydrogens is 288 g/mol. The fourth-order valence-corrected chi connectivity index (χ4v) is 1.98. The Bertz CT molecular complexity index is 331. The second-order valence-corrected chi connectivity index (χ2v) is 4.82. The molecule has 0 aliphatic heterocycles. The van der Waals surface area contributed by atoms with Crippen LogP contribution in [0.1, 0.15) is 31.2 Å². The molecule has 0 aromatic heterocycles. The van der Waals surface area contributed by atoms with E-state index in [1.807, 2.05) is 0 Å². The zero-order valence-corrected chi connectivity index (χ0v) is 11.4. The Morgan fingerprint density at radius 1 is 1.00 bits per heavy atom. The van der Waals surface area contributed by atoms with Gasteiger partial charge in [-0.25, -0.2) is 8.78 Å². The number of hydrogen-bond donors (Lipinski definition) is 1. The summed E-state index contributed by atoms with van der Waals surface area (Å²) >= 11 is 3.39. The van der Waals surface area contributed by atoms with E-state index in [1.165, 1.54) is 31.4 Å². The smallest absolute Gasteiger partial charge is 0.159 e. The van der Waals surface area contributed by atoms with Crippen LogP contribution in [0.25, 0.3) is 0 Å². The van der Waals surface area contributed by atoms with Crippen LogP contribution in [-0.2, 0) is 6.54 Å². The van der Waals surface area contributed by atoms with Crippen molar-refractivity contribution in [2.45, 2.75) is 32.2 Å². The molecule has 1 aromatic carbocycles. The van der Waals surface area contributed by atoms with Crippen LogP contribution in [0.4, 0.5) is 8.78 Å². The van der Waals surface area contributed by atoms with Crippen LogP contribution < -0.4 is 5.32 Å². The van der Waals surface area contributed by atoms with E-state index in [2.05, 4.69) is 21.2 Å². The fraction of sp³-hybridized carbons (Fsp3) is 0.538. The van der Waals surface area contributed by atoms with Crippen LogP contribution in [0.3, 0.4) is 0 Å². The fourth-order valence-electron chi connectivity index (χ4n) is 1.58. The molecular formula is C13H18BrF2N. The molecule has 0 spiro atoms. The Hall–Kier alpha value is -0.480. The number of unbranched alkanes of at least 4 members (excludes halogenated alkanes) is 3. The van der Waals surface area contributed by atoms with Gasteiger partial charge in [-0.05, 0) is 37.1 Å². The van der Waals surface area contributed by atoms with Gasteiger partial charge in [0.2, 0.25) is 0 Å². The lowest BCUT2D eigenvalue weighted by Crippen LogP contribution is -2.14. The first-order valence-corrected chi connectivity index (χ1v) is 7.07. The molecule has 1 nitrogen and oxygen atoms in total. The average Bonchev–Trinajstić information content (AvgIpc) is 2.32. The quantitative estimate of drug-likeness (QED) is 0.565. The summed E-state index contributed by atoms with van der Waals surface area (Å²) in [5.74, 6) is -1.56. The summed E-state index contributed by atoms with van der Waals surface area (Å²) in [5, 5.41) is 4.29. The molecule has 0 aliphatic rings. The van der Waals surface area contributed by atoms with E-state index >= 15 is 0 Å². The van der Waals surface area contributed by atoms with Crippen molar-refractivity contribution in [1.82, 2.24) is 5.32 Å². The van der Waals surface area contributed by atoms with Gasteiger partial charge in [0.15, 0.2) is 11.6 Å². The van der Waals surface area contributed by atoms with Crippen molar-refractivity contribution in [3.63, 3.8) is 0 Å². The number of benzene rings is 1. The molecule has 0 heterocycles. The topological polar surface area (TPSA) is 12.0 Å². The summed E-state index contributed by atoms with van der Waals surface area (Å²) in [6.07, 6.45) is 4.77. The van der Waals surface area contributed by atoms with E-state index in [1.54, 1.807) is 6.07 Å². The molecule has 4 heteroatoms. The molecule has 0 fully saturated rings. The SMILES string of the molecule is Fc1ccc(CNCCCCCCBr)cc1F. The number of hydrogen-bond acceptors (Lipinski definition) is 1. The minimum atomic E-state index is -0.788. The van der Waals surface area contributed by atoms with Crippen LogP contribution in [-0.4, -0.2) is 11.9 Å². The molecule has 1 aromatic rings. The molecule has 0 aliphatic carbocycles. The molecule has 0 atom stereocenters. The Labute approximate surface area is 110 Å². The molecule has 96 valence electrons. The van der Waals surface area contributed by atoms with Gasteiger partial charge < -0.3 is 5.32 Å². The predicted molar refractivity (Wildman–Crippen MR) is 70.3 cm³/mol. The maximum absolute atomic E-state index is 12.9. The van der Waals surface area contributed by atoms with E-state index in [-0.39, 0.29) is 0 Å². The highest BCUT2D eigenvalue weighted by Crippen LogP contribution is 2.08. The number of rotatable bonds is 8. The Balaban J connectivity index is 2.11. The Kier molecular flexibility index (Phi) is 7.37. The van der Waals surface area contributed by atoms with Gasteiger partial charge in [0.25, 0.3) is 0 Å². The Morgan fingerprint density at radius 3 is 2.47 bits per heavy atom. The molecule has 1 rings (SSSR count). The summed E-state index contributed by atoms with van der Waals surface area (Å²) in [6.45, 7) is 1.51. The number of alkyl halides is 1. The van der Waals surface area contributed by atoms with Crippen molar-refractivity contribution in [3.8, 4) is 0 Å². The summed E-state index contributed by atoms with van der Waals surface area (Å²) in [7, 11) is 0. The van der Waals surface area contributed by atoms with E-state index in [0.717, 1.165) is 23.9 Å². The third-order valence-corrected chi connectivity index (χ3v) is 3.11. The van der Waals surface area contributed by atoms with Crippen LogP contribution in [0.2, 0.25) is 0 Å². The second kappa shape index (κ2) is 8.59. The van der Waals surface area contributed by atoms with Crippen LogP contribution >= 0.6 is 15.9 Å². The third-order valence-electron chi connectivity index (χ3n) is 2.55. The second-order valence-electron chi connectivity index (χ2n) is 4.03. The molecule has 0 saturated heterocycles. The van der Waals surface area contributed by atoms with Gasteiger partial charge in [-0.1, -0.05) is 34.8 Å². The van der Waals surface area contributed by atoms with Crippen LogP contribution in [0.15, 0.2) is 18.2 Å². The summed E-state index contributed by atoms with van der Waals surface area (Å²) < 4.78 is 25.5. The van der Waals surface area contributed by atoms with E-state index in [0.29, 0.717) is 6.54 Å². The van der Waals surface area contributed by atoms with Crippen molar-refractivity contribution < 1.29 is 8.78 Å². The maximum Gasteiger partial charge on any atom is 0.159 e. The first-order chi connectivity index (χ1) is 8.24. The van der Waals surface area contributed by atoms with Gasteiger partial charge in [-0.15, -0.1) is 0 Å². The standard InChI is InChI=1S/C13H18BrF2N/c14-7-3-1-2-4-8-17-10-11-5-6-12(15)13(16)9-11/h5-6,9,17H,1-4,7-8,10H2. The lowest BCUT2D eigenvalue weighted by Gasteiger charge is -2.05. The van der Waals surface area contributed by atoms with Crippen molar-refractivity contribution in [1.29, 1.82) is 0 Å². The van der Waals surface area contributed by atoms with Crippen molar-refractivity contribution in [2.75, 3.05) is 11.9 Å². The maximum atomic E-state index is 12.9. The zero-order chi connectivity index (χ0) is 12.5. The van der Waals surface area contributed by atoms with Gasteiger partial charge in [0.1, 0.15) is 0 Å². The van der Waals surface area contributed by atoms with Crippen molar-refractivity contribution in [3.05, 3.63) is 35.4 Å². The first kappa shape index (κ1) is 14.6. The largest absolute Gasteiger partial charge is 0.313 e. The highest BCUT2D eigenvalue weighted by atomic mass is 79.9. The van der Waals surface area contributed by atoms with Gasteiger partial charge >= 0.3 is 0 Å². The molecule has 0 bridgehead atoms. The van der Waals surface area contributed by atoms with Crippen molar-refractivity contribution in [2.24, 2.45) is 0 Å². The molecule has 0 radical (unpaired) electrons. The summed E-state index contributed by atoms with van der Waals surface area (Å²) in [4.78, 5) is 0. The van der Waals surface area contributed by atoms with E-state index in [9.17, 15) is 8.78 Å². The highest BCUT2D eigenvalue weighted by molar-refractivity contribution is 9.09. The number of nitrogens with one attached hydrogen (secondary N) is 1. The number of halogens is 3. The molecule has 1 N–H and O–H groups in total. The predicted octanol–water partition coefficient (Wildman–Crippen LogP) is 4.01. The molecule has 0 saturated carbocycles. The van der Waals surface area contributed by atoms with Crippen molar-refractivity contribution >= 4 is 15.9 Å². The normalized spacial score (nSPS) is 10.8. The molecule has 0 amide bonds. The molecule has 0 unspecified atom stereocenters. The Morgan fingerprint density at radius 2 is 1.76 bits per heavy atom. The van der Waals surface area contributed by atoms with Crippen LogP contribution in [0, 0.1) is 11.6 Å². The van der Waals surface area contributed by atoms with Gasteiger partial charge in [-0.2, -0.15) is 0 Å². The van der Waals surface area contributed by atoms with Gasteiger partial charge in [0.05, 0.1) is 0 Å². The van der Waals surface area contributed by atoms with E-state index < -0.39 is 11.6 Å². The lowest BCUT2D eigenvalue weighted by atomic mass is 10.2. The lowest BCUT2D eigenvalue weighted by molar-refractivity contribution is 0.505. The molecule has 17 heavy (non-hydrogen) atoms. The average molecular weight is 306 g/mol. The first-order valence-electron chi connectivity index (χ1n) is 5.94. The summed E-state index contributed by atoms with van der Waals surface area (Å²) in [5.41, 5.74) is 0.782. The van der Waals surface area contributed by atoms with Gasteiger partial charge in [0, 0.05) is 11.9 Å². The minimum absolute atomic E-state index is 0.593. The summed E-state index contributed by atoms with van der Waals surface area (Å²) in [6, 6.07) is 4.02. The van der Waals surface area contributed by atoms with Gasteiger partial charge in [-0.3, -0.25) is 0 Å². The third kappa shape index (κ3) is 6.13. The van der Waals surface area contributed by atoms with Crippen LogP contribution in [0.5, 0.6) is 0 Å². The minimum Gasteiger partial charge on any atom is -0.313 e. The zero-order valence-electron chi connectivity index (χ0n) is 9.82. The monoisotopic (exact) mass is 305 g/mol.